The lowest BCUT2D eigenvalue weighted by Crippen LogP contribution is -2.37. The third-order valence-electron chi connectivity index (χ3n) is 7.89. The Kier molecular flexibility index (Phi) is 11.3. The Morgan fingerprint density at radius 1 is 0.415 bits per heavy atom. The maximum atomic E-state index is 7.01. The van der Waals surface area contributed by atoms with Gasteiger partial charge in [-0.1, -0.05) is 107 Å². The molecule has 12 heteroatoms. The molecule has 270 valence electrons. The van der Waals surface area contributed by atoms with Crippen LogP contribution in [0.15, 0.2) is 156 Å². The largest absolute Gasteiger partial charge is 0.447 e. The molecule has 1 aliphatic heterocycles. The maximum absolute atomic E-state index is 7.01. The topological polar surface area (TPSA) is 74.2 Å². The van der Waals surface area contributed by atoms with Crippen LogP contribution in [0.5, 0.6) is 34.5 Å². The van der Waals surface area contributed by atoms with Gasteiger partial charge in [0.25, 0.3) is 0 Å². The second kappa shape index (κ2) is 16.4. The average molecular weight is 764 g/mol. The first-order valence-electron chi connectivity index (χ1n) is 17.0. The fourth-order valence-corrected chi connectivity index (χ4v) is 12.4. The van der Waals surface area contributed by atoms with Gasteiger partial charge in [0.05, 0.1) is 0 Å². The van der Waals surface area contributed by atoms with Crippen LogP contribution in [0.25, 0.3) is 0 Å². The number of aryl methyl sites for hydroxylation is 5. The Bertz CT molecular complexity index is 2150. The van der Waals surface area contributed by atoms with Gasteiger partial charge in [-0.05, 0) is 107 Å². The highest BCUT2D eigenvalue weighted by atomic mass is 31.3. The molecule has 9 nitrogen and oxygen atoms in total. The Balaban J connectivity index is 1.47. The van der Waals surface area contributed by atoms with E-state index in [0.29, 0.717) is 34.5 Å². The highest BCUT2D eigenvalue weighted by molar-refractivity contribution is 7.78. The van der Waals surface area contributed by atoms with Gasteiger partial charge < -0.3 is 27.8 Å². The van der Waals surface area contributed by atoms with Gasteiger partial charge in [0.1, 0.15) is 34.5 Å². The molecule has 53 heavy (non-hydrogen) atoms. The van der Waals surface area contributed by atoms with Crippen LogP contribution in [-0.4, -0.2) is 9.21 Å². The van der Waals surface area contributed by atoms with Gasteiger partial charge in [-0.15, -0.1) is 4.52 Å². The minimum atomic E-state index is -3.77. The van der Waals surface area contributed by atoms with E-state index in [9.17, 15) is 0 Å². The molecule has 6 aromatic carbocycles. The van der Waals surface area contributed by atoms with Crippen molar-refractivity contribution in [2.45, 2.75) is 34.6 Å². The lowest BCUT2D eigenvalue weighted by atomic mass is 10.2. The minimum Gasteiger partial charge on any atom is -0.440 e. The average Bonchev–Trinajstić information content (AvgIpc) is 3.16. The summed E-state index contributed by atoms with van der Waals surface area (Å²) in [5, 5.41) is 0. The van der Waals surface area contributed by atoms with Crippen LogP contribution in [0.3, 0.4) is 0 Å². The van der Waals surface area contributed by atoms with Crippen molar-refractivity contribution in [3.63, 3.8) is 0 Å². The molecule has 0 radical (unpaired) electrons. The van der Waals surface area contributed by atoms with Gasteiger partial charge in [0.15, 0.2) is 0 Å². The van der Waals surface area contributed by atoms with Crippen molar-refractivity contribution in [3.8, 4) is 34.5 Å². The SMILES string of the molecule is Cc1ccc(ON2P(Oc3ccc(C)cc3)N=P(Oc3ccccc3)(Oc3ccc(C)cc3)N(Oc3ccc(C)cc3)P2Oc2ccc(C)cc2)cc1. The molecule has 0 aliphatic carbocycles. The lowest BCUT2D eigenvalue weighted by molar-refractivity contribution is 0.0545. The summed E-state index contributed by atoms with van der Waals surface area (Å²) in [6, 6.07) is 48.3. The fraction of sp³-hybridized carbons (Fsp3) is 0.122. The summed E-state index contributed by atoms with van der Waals surface area (Å²) in [7, 11) is -7.98. The van der Waals surface area contributed by atoms with Gasteiger partial charge in [0, 0.05) is 9.21 Å². The van der Waals surface area contributed by atoms with Crippen molar-refractivity contribution in [2.24, 2.45) is 4.52 Å². The second-order valence-electron chi connectivity index (χ2n) is 12.5. The number of hydrogen-bond donors (Lipinski definition) is 0. The van der Waals surface area contributed by atoms with Gasteiger partial charge in [0.2, 0.25) is 0 Å². The zero-order valence-electron chi connectivity index (χ0n) is 30.1. The molecule has 3 atom stereocenters. The van der Waals surface area contributed by atoms with E-state index in [1.54, 1.807) is 9.21 Å². The molecule has 3 unspecified atom stereocenters. The van der Waals surface area contributed by atoms with Crippen molar-refractivity contribution in [2.75, 3.05) is 0 Å². The van der Waals surface area contributed by atoms with Crippen LogP contribution in [0.1, 0.15) is 27.8 Å². The van der Waals surface area contributed by atoms with Gasteiger partial charge >= 0.3 is 24.6 Å². The molecule has 0 bridgehead atoms. The molecule has 0 spiro atoms. The first kappa shape index (κ1) is 36.5. The van der Waals surface area contributed by atoms with E-state index in [2.05, 4.69) is 0 Å². The molecular weight excluding hydrogens is 723 g/mol. The Morgan fingerprint density at radius 2 is 0.792 bits per heavy atom. The van der Waals surface area contributed by atoms with E-state index >= 15 is 0 Å². The molecule has 1 aliphatic rings. The summed E-state index contributed by atoms with van der Waals surface area (Å²) in [4.78, 5) is 13.6. The highest BCUT2D eigenvalue weighted by Gasteiger charge is 2.58. The van der Waals surface area contributed by atoms with Crippen molar-refractivity contribution in [3.05, 3.63) is 179 Å². The quantitative estimate of drug-likeness (QED) is 0.114. The van der Waals surface area contributed by atoms with E-state index in [0.717, 1.165) is 27.8 Å². The van der Waals surface area contributed by atoms with Crippen molar-refractivity contribution in [1.82, 2.24) is 9.21 Å². The molecule has 0 saturated heterocycles. The van der Waals surface area contributed by atoms with Crippen molar-refractivity contribution >= 4 is 24.6 Å². The van der Waals surface area contributed by atoms with Gasteiger partial charge in [-0.25, -0.2) is 0 Å². The molecular formula is C41H40N3O6P3. The van der Waals surface area contributed by atoms with E-state index < -0.39 is 24.6 Å². The van der Waals surface area contributed by atoms with Crippen LogP contribution in [-0.2, 0) is 0 Å². The molecule has 0 saturated carbocycles. The van der Waals surface area contributed by atoms with E-state index in [1.165, 1.54) is 0 Å². The second-order valence-corrected chi connectivity index (χ2v) is 18.0. The summed E-state index contributed by atoms with van der Waals surface area (Å²) in [5.41, 5.74) is 5.43. The van der Waals surface area contributed by atoms with Crippen LogP contribution >= 0.6 is 24.6 Å². The third-order valence-corrected chi connectivity index (χ3v) is 14.7. The zero-order valence-corrected chi connectivity index (χ0v) is 32.7. The fourth-order valence-electron chi connectivity index (χ4n) is 4.93. The summed E-state index contributed by atoms with van der Waals surface area (Å²) < 4.78 is 36.4. The molecule has 0 N–H and O–H groups in total. The number of para-hydroxylation sites is 1. The third kappa shape index (κ3) is 9.20. The number of rotatable bonds is 12. The first-order chi connectivity index (χ1) is 25.7. The predicted molar refractivity (Wildman–Crippen MR) is 213 cm³/mol. The lowest BCUT2D eigenvalue weighted by Gasteiger charge is -2.43. The Hall–Kier alpha value is -4.87. The molecule has 6 aromatic rings. The van der Waals surface area contributed by atoms with E-state index in [4.69, 9.17) is 32.3 Å². The summed E-state index contributed by atoms with van der Waals surface area (Å²) in [6.45, 7) is 10.1. The normalized spacial score (nSPS) is 18.7. The molecule has 7 rings (SSSR count). The van der Waals surface area contributed by atoms with E-state index in [-0.39, 0.29) is 0 Å². The van der Waals surface area contributed by atoms with E-state index in [1.807, 2.05) is 186 Å². The summed E-state index contributed by atoms with van der Waals surface area (Å²) in [5.74, 6) is 3.32. The number of hydrogen-bond acceptors (Lipinski definition) is 9. The molecule has 1 heterocycles. The Morgan fingerprint density at radius 3 is 1.26 bits per heavy atom. The van der Waals surface area contributed by atoms with Crippen LogP contribution in [0.2, 0.25) is 0 Å². The van der Waals surface area contributed by atoms with Crippen LogP contribution < -0.4 is 27.8 Å². The maximum Gasteiger partial charge on any atom is 0.447 e. The zero-order chi connectivity index (χ0) is 36.8. The van der Waals surface area contributed by atoms with Crippen LogP contribution in [0.4, 0.5) is 0 Å². The van der Waals surface area contributed by atoms with Crippen LogP contribution in [0, 0.1) is 34.6 Å². The molecule has 0 fully saturated rings. The van der Waals surface area contributed by atoms with Crippen molar-refractivity contribution in [1.29, 1.82) is 0 Å². The van der Waals surface area contributed by atoms with Gasteiger partial charge in [-0.3, -0.25) is 0 Å². The van der Waals surface area contributed by atoms with Crippen molar-refractivity contribution < 1.29 is 27.8 Å². The molecule has 0 aromatic heterocycles. The number of benzene rings is 6. The minimum absolute atomic E-state index is 0.526. The highest BCUT2D eigenvalue weighted by Crippen LogP contribution is 2.77. The monoisotopic (exact) mass is 763 g/mol. The standard InChI is InChI=1S/C41H40N3O6P3/c1-31-11-21-36(22-12-31)45-43-51(47-38-25-15-33(3)16-26-38)42-53(49-40-9-7-6-8-10-40,50-41-29-19-35(5)20-30-41)44(46-37-23-13-32(2)14-24-37)52(43)48-39-27-17-34(4)18-28-39/h6-30H,1-5H3. The molecule has 0 amide bonds. The summed E-state index contributed by atoms with van der Waals surface area (Å²) >= 11 is 0. The van der Waals surface area contributed by atoms with Gasteiger partial charge in [-0.2, -0.15) is 0 Å². The Labute approximate surface area is 313 Å². The summed E-state index contributed by atoms with van der Waals surface area (Å²) in [6.07, 6.45) is 0. The smallest absolute Gasteiger partial charge is 0.440 e. The number of nitrogens with zero attached hydrogens (tertiary/aromatic N) is 3. The predicted octanol–water partition coefficient (Wildman–Crippen LogP) is 12.9. The first-order valence-corrected chi connectivity index (χ1v) is 20.9.